The Balaban J connectivity index is 1.83. The molecule has 100 valence electrons. The molecule has 0 unspecified atom stereocenters. The number of benzene rings is 1. The van der Waals surface area contributed by atoms with Gasteiger partial charge in [-0.25, -0.2) is 0 Å². The molecule has 0 spiro atoms. The molecule has 4 heteroatoms. The topological polar surface area (TPSA) is 20.3 Å². The van der Waals surface area contributed by atoms with E-state index < -0.39 is 0 Å². The van der Waals surface area contributed by atoms with E-state index in [9.17, 15) is 4.79 Å². The van der Waals surface area contributed by atoms with Crippen LogP contribution in [0.4, 0.5) is 0 Å². The van der Waals surface area contributed by atoms with E-state index in [0.29, 0.717) is 13.0 Å². The molecule has 2 rings (SSSR count). The van der Waals surface area contributed by atoms with Crippen molar-refractivity contribution in [3.8, 4) is 0 Å². The first kappa shape index (κ1) is 14.3. The molecule has 0 fully saturated rings. The third-order valence-electron chi connectivity index (χ3n) is 2.92. The summed E-state index contributed by atoms with van der Waals surface area (Å²) in [5, 5.41) is 2.05. The van der Waals surface area contributed by atoms with E-state index in [1.54, 1.807) is 16.2 Å². The molecule has 0 radical (unpaired) electrons. The summed E-state index contributed by atoms with van der Waals surface area (Å²) in [6, 6.07) is 12.2. The van der Waals surface area contributed by atoms with E-state index in [4.69, 9.17) is 0 Å². The molecule has 0 aliphatic carbocycles. The highest BCUT2D eigenvalue weighted by Gasteiger charge is 2.09. The largest absolute Gasteiger partial charge is 0.341 e. The maximum absolute atomic E-state index is 12.0. The second kappa shape index (κ2) is 6.87. The lowest BCUT2D eigenvalue weighted by Crippen LogP contribution is -2.26. The van der Waals surface area contributed by atoms with E-state index in [-0.39, 0.29) is 5.91 Å². The predicted octanol–water partition coefficient (Wildman–Crippen LogP) is 4.10. The Bertz CT molecular complexity index is 522. The number of hydrogen-bond donors (Lipinski definition) is 0. The molecular weight excluding hydrogens is 322 g/mol. The first-order valence-electron chi connectivity index (χ1n) is 6.16. The molecule has 0 bridgehead atoms. The minimum Gasteiger partial charge on any atom is -0.341 e. The van der Waals surface area contributed by atoms with Crippen LogP contribution in [0.5, 0.6) is 0 Å². The van der Waals surface area contributed by atoms with Crippen LogP contribution >= 0.6 is 27.3 Å². The number of thiophene rings is 1. The lowest BCUT2D eigenvalue weighted by molar-refractivity contribution is -0.130. The molecule has 1 amide bonds. The lowest BCUT2D eigenvalue weighted by atomic mass is 10.2. The molecule has 1 aromatic carbocycles. The summed E-state index contributed by atoms with van der Waals surface area (Å²) in [4.78, 5) is 15.1. The Labute approximate surface area is 126 Å². The first-order valence-corrected chi connectivity index (χ1v) is 7.83. The van der Waals surface area contributed by atoms with Crippen molar-refractivity contribution in [2.75, 3.05) is 7.05 Å². The minimum absolute atomic E-state index is 0.191. The van der Waals surface area contributed by atoms with E-state index in [2.05, 4.69) is 22.0 Å². The summed E-state index contributed by atoms with van der Waals surface area (Å²) < 4.78 is 1.06. The van der Waals surface area contributed by atoms with Gasteiger partial charge in [0.25, 0.3) is 0 Å². The highest BCUT2D eigenvalue weighted by molar-refractivity contribution is 9.10. The normalized spacial score (nSPS) is 10.4. The van der Waals surface area contributed by atoms with Gasteiger partial charge in [0, 0.05) is 29.4 Å². The highest BCUT2D eigenvalue weighted by atomic mass is 79.9. The highest BCUT2D eigenvalue weighted by Crippen LogP contribution is 2.14. The zero-order valence-corrected chi connectivity index (χ0v) is 13.2. The first-order chi connectivity index (χ1) is 9.15. The molecule has 1 aromatic heterocycles. The fourth-order valence-electron chi connectivity index (χ4n) is 1.83. The molecule has 0 N–H and O–H groups in total. The van der Waals surface area contributed by atoms with Crippen molar-refractivity contribution in [2.45, 2.75) is 19.4 Å². The molecule has 0 saturated heterocycles. The van der Waals surface area contributed by atoms with Gasteiger partial charge in [-0.2, -0.15) is 0 Å². The summed E-state index contributed by atoms with van der Waals surface area (Å²) in [5.41, 5.74) is 1.15. The van der Waals surface area contributed by atoms with Crippen LogP contribution in [-0.4, -0.2) is 17.9 Å². The second-order valence-corrected chi connectivity index (χ2v) is 6.40. The van der Waals surface area contributed by atoms with Gasteiger partial charge in [0.1, 0.15) is 0 Å². The standard InChI is InChI=1S/C15H16BrNOS/c1-17(11-12-4-6-13(16)7-5-12)15(18)9-8-14-3-2-10-19-14/h2-7,10H,8-9,11H2,1H3. The van der Waals surface area contributed by atoms with Crippen LogP contribution in [0.25, 0.3) is 0 Å². The maximum Gasteiger partial charge on any atom is 0.222 e. The Morgan fingerprint density at radius 3 is 2.63 bits per heavy atom. The molecule has 2 aromatic rings. The minimum atomic E-state index is 0.191. The third-order valence-corrected chi connectivity index (χ3v) is 4.39. The van der Waals surface area contributed by atoms with Gasteiger partial charge in [0.2, 0.25) is 5.91 Å². The maximum atomic E-state index is 12.0. The van der Waals surface area contributed by atoms with Gasteiger partial charge >= 0.3 is 0 Å². The Morgan fingerprint density at radius 2 is 2.00 bits per heavy atom. The van der Waals surface area contributed by atoms with Crippen LogP contribution < -0.4 is 0 Å². The SMILES string of the molecule is CN(Cc1ccc(Br)cc1)C(=O)CCc1cccs1. The molecule has 0 saturated carbocycles. The van der Waals surface area contributed by atoms with Gasteiger partial charge in [0.05, 0.1) is 0 Å². The number of aryl methyl sites for hydroxylation is 1. The van der Waals surface area contributed by atoms with Crippen LogP contribution in [0, 0.1) is 0 Å². The lowest BCUT2D eigenvalue weighted by Gasteiger charge is -2.17. The van der Waals surface area contributed by atoms with Crippen LogP contribution in [0.3, 0.4) is 0 Å². The number of rotatable bonds is 5. The van der Waals surface area contributed by atoms with E-state index in [1.807, 2.05) is 42.8 Å². The Hall–Kier alpha value is -1.13. The number of carbonyl (C=O) groups is 1. The van der Waals surface area contributed by atoms with Gasteiger partial charge in [-0.15, -0.1) is 11.3 Å². The molecular formula is C15H16BrNOS. The molecule has 0 aliphatic heterocycles. The van der Waals surface area contributed by atoms with Gasteiger partial charge in [-0.1, -0.05) is 34.1 Å². The molecule has 0 aliphatic rings. The summed E-state index contributed by atoms with van der Waals surface area (Å²) >= 11 is 5.11. The molecule has 2 nitrogen and oxygen atoms in total. The van der Waals surface area contributed by atoms with Crippen molar-refractivity contribution in [3.63, 3.8) is 0 Å². The number of nitrogens with zero attached hydrogens (tertiary/aromatic N) is 1. The zero-order chi connectivity index (χ0) is 13.7. The molecule has 19 heavy (non-hydrogen) atoms. The van der Waals surface area contributed by atoms with Crippen molar-refractivity contribution in [3.05, 3.63) is 56.7 Å². The van der Waals surface area contributed by atoms with Crippen molar-refractivity contribution >= 4 is 33.2 Å². The summed E-state index contributed by atoms with van der Waals surface area (Å²) in [7, 11) is 1.86. The number of hydrogen-bond acceptors (Lipinski definition) is 2. The summed E-state index contributed by atoms with van der Waals surface area (Å²) in [6.07, 6.45) is 1.41. The van der Waals surface area contributed by atoms with Crippen LogP contribution in [0.2, 0.25) is 0 Å². The van der Waals surface area contributed by atoms with Crippen molar-refractivity contribution in [1.82, 2.24) is 4.90 Å². The summed E-state index contributed by atoms with van der Waals surface area (Å²) in [5.74, 6) is 0.191. The Kier molecular flexibility index (Phi) is 5.16. The number of amides is 1. The predicted molar refractivity (Wildman–Crippen MR) is 83.3 cm³/mol. The Morgan fingerprint density at radius 1 is 1.26 bits per heavy atom. The van der Waals surface area contributed by atoms with Crippen LogP contribution in [0.1, 0.15) is 16.9 Å². The van der Waals surface area contributed by atoms with Crippen molar-refractivity contribution in [2.24, 2.45) is 0 Å². The van der Waals surface area contributed by atoms with Crippen LogP contribution in [-0.2, 0) is 17.8 Å². The van der Waals surface area contributed by atoms with Gasteiger partial charge in [0.15, 0.2) is 0 Å². The third kappa shape index (κ3) is 4.48. The monoisotopic (exact) mass is 337 g/mol. The average molecular weight is 338 g/mol. The fourth-order valence-corrected chi connectivity index (χ4v) is 2.80. The van der Waals surface area contributed by atoms with Crippen LogP contribution in [0.15, 0.2) is 46.3 Å². The van der Waals surface area contributed by atoms with Crippen molar-refractivity contribution < 1.29 is 4.79 Å². The number of halogens is 1. The zero-order valence-electron chi connectivity index (χ0n) is 10.8. The van der Waals surface area contributed by atoms with Gasteiger partial charge in [-0.05, 0) is 35.6 Å². The number of carbonyl (C=O) groups excluding carboxylic acids is 1. The second-order valence-electron chi connectivity index (χ2n) is 4.46. The smallest absolute Gasteiger partial charge is 0.222 e. The van der Waals surface area contributed by atoms with E-state index in [0.717, 1.165) is 16.5 Å². The van der Waals surface area contributed by atoms with Gasteiger partial charge < -0.3 is 4.90 Å². The average Bonchev–Trinajstić information content (AvgIpc) is 2.91. The molecule has 1 heterocycles. The molecule has 0 atom stereocenters. The van der Waals surface area contributed by atoms with Crippen molar-refractivity contribution in [1.29, 1.82) is 0 Å². The van der Waals surface area contributed by atoms with E-state index in [1.165, 1.54) is 4.88 Å². The van der Waals surface area contributed by atoms with E-state index >= 15 is 0 Å². The van der Waals surface area contributed by atoms with Gasteiger partial charge in [-0.3, -0.25) is 4.79 Å². The fraction of sp³-hybridized carbons (Fsp3) is 0.267. The summed E-state index contributed by atoms with van der Waals surface area (Å²) in [6.45, 7) is 0.663. The quantitative estimate of drug-likeness (QED) is 0.804.